The minimum Gasteiger partial charge on any atom is -0.401 e. The van der Waals surface area contributed by atoms with Gasteiger partial charge in [0.05, 0.1) is 10.6 Å². The molecule has 2 aliphatic rings. The summed E-state index contributed by atoms with van der Waals surface area (Å²) in [6.45, 7) is 0. The molecule has 2 aliphatic heterocycles. The van der Waals surface area contributed by atoms with Crippen LogP contribution >= 0.6 is 11.3 Å². The molecule has 0 aliphatic carbocycles. The van der Waals surface area contributed by atoms with Crippen LogP contribution < -0.4 is 0 Å². The topological polar surface area (TPSA) is 41.9 Å². The molecule has 18 heavy (non-hydrogen) atoms. The van der Waals surface area contributed by atoms with Crippen LogP contribution in [0.15, 0.2) is 58.3 Å². The van der Waals surface area contributed by atoms with Gasteiger partial charge >= 0.3 is 5.97 Å². The quantitative estimate of drug-likeness (QED) is 0.573. The molecule has 0 unspecified atom stereocenters. The first-order valence-electron chi connectivity index (χ1n) is 5.42. The number of likely N-dealkylation sites (N-methyl/N-ethyl adjacent to an activating group) is 1. The van der Waals surface area contributed by atoms with Crippen molar-refractivity contribution in [2.45, 2.75) is 0 Å². The number of hydrogen-bond donors (Lipinski definition) is 0. The van der Waals surface area contributed by atoms with Crippen LogP contribution in [-0.4, -0.2) is 23.8 Å². The van der Waals surface area contributed by atoms with E-state index < -0.39 is 5.97 Å². The first-order chi connectivity index (χ1) is 8.75. The normalized spacial score (nSPS) is 22.4. The van der Waals surface area contributed by atoms with Crippen molar-refractivity contribution in [2.24, 2.45) is 4.99 Å². The van der Waals surface area contributed by atoms with Crippen molar-refractivity contribution >= 4 is 23.2 Å². The van der Waals surface area contributed by atoms with Crippen LogP contribution in [0.1, 0.15) is 4.88 Å². The van der Waals surface area contributed by atoms with Gasteiger partial charge in [-0.2, -0.15) is 0 Å². The second kappa shape index (κ2) is 4.27. The zero-order valence-electron chi connectivity index (χ0n) is 9.66. The Hall–Kier alpha value is -2.14. The van der Waals surface area contributed by atoms with E-state index in [1.54, 1.807) is 0 Å². The highest BCUT2D eigenvalue weighted by Crippen LogP contribution is 2.24. The third-order valence-corrected chi connectivity index (χ3v) is 3.48. The molecule has 0 amide bonds. The van der Waals surface area contributed by atoms with E-state index in [0.717, 1.165) is 10.6 Å². The summed E-state index contributed by atoms with van der Waals surface area (Å²) >= 11 is 1.50. The molecule has 0 atom stereocenters. The van der Waals surface area contributed by atoms with Crippen molar-refractivity contribution in [3.8, 4) is 0 Å². The number of rotatable bonds is 1. The lowest BCUT2D eigenvalue weighted by molar-refractivity contribution is -0.130. The summed E-state index contributed by atoms with van der Waals surface area (Å²) in [6, 6.07) is 3.78. The molecule has 0 saturated heterocycles. The maximum atomic E-state index is 11.9. The van der Waals surface area contributed by atoms with Crippen LogP contribution in [0.4, 0.5) is 0 Å². The highest BCUT2D eigenvalue weighted by atomic mass is 32.1. The minimum absolute atomic E-state index is 0.349. The molecule has 5 heteroatoms. The second-order valence-electron chi connectivity index (χ2n) is 3.83. The Kier molecular flexibility index (Phi) is 2.60. The molecule has 0 aromatic carbocycles. The summed E-state index contributed by atoms with van der Waals surface area (Å²) < 4.78 is 5.20. The van der Waals surface area contributed by atoms with E-state index in [1.165, 1.54) is 11.3 Å². The number of ether oxygens (including phenoxy) is 1. The average molecular weight is 258 g/mol. The first kappa shape index (κ1) is 11.0. The van der Waals surface area contributed by atoms with Gasteiger partial charge in [-0.25, -0.2) is 9.79 Å². The van der Waals surface area contributed by atoms with Gasteiger partial charge in [-0.15, -0.1) is 11.3 Å². The second-order valence-corrected chi connectivity index (χ2v) is 4.78. The Morgan fingerprint density at radius 1 is 1.39 bits per heavy atom. The van der Waals surface area contributed by atoms with Gasteiger partial charge in [0.1, 0.15) is 0 Å². The van der Waals surface area contributed by atoms with Crippen LogP contribution in [0, 0.1) is 0 Å². The molecule has 3 heterocycles. The maximum absolute atomic E-state index is 11.9. The van der Waals surface area contributed by atoms with E-state index in [4.69, 9.17) is 4.74 Å². The first-order valence-corrected chi connectivity index (χ1v) is 6.30. The maximum Gasteiger partial charge on any atom is 0.366 e. The van der Waals surface area contributed by atoms with Gasteiger partial charge in [-0.3, -0.25) is 0 Å². The SMILES string of the molecule is CN1C=CC=C/C1=C1\N=C(c2cccs2)OC1=O. The highest BCUT2D eigenvalue weighted by Gasteiger charge is 2.28. The zero-order chi connectivity index (χ0) is 12.5. The van der Waals surface area contributed by atoms with Crippen molar-refractivity contribution in [3.63, 3.8) is 0 Å². The largest absolute Gasteiger partial charge is 0.401 e. The summed E-state index contributed by atoms with van der Waals surface area (Å²) in [4.78, 5) is 18.8. The predicted octanol–water partition coefficient (Wildman–Crippen LogP) is 2.28. The Morgan fingerprint density at radius 2 is 2.28 bits per heavy atom. The van der Waals surface area contributed by atoms with E-state index >= 15 is 0 Å². The van der Waals surface area contributed by atoms with Gasteiger partial charge in [0.2, 0.25) is 5.90 Å². The molecule has 0 spiro atoms. The standard InChI is InChI=1S/C13H10N2O2S/c1-15-7-3-2-5-9(15)11-13(16)17-12(14-11)10-6-4-8-18-10/h2-8H,1H3/b11-9+. The number of aliphatic imine (C=N–C) groups is 1. The molecule has 4 nitrogen and oxygen atoms in total. The third-order valence-electron chi connectivity index (χ3n) is 2.63. The highest BCUT2D eigenvalue weighted by molar-refractivity contribution is 7.12. The summed E-state index contributed by atoms with van der Waals surface area (Å²) in [5, 5.41) is 1.92. The zero-order valence-corrected chi connectivity index (χ0v) is 10.5. The molecule has 1 aromatic rings. The van der Waals surface area contributed by atoms with Crippen molar-refractivity contribution in [1.29, 1.82) is 0 Å². The smallest absolute Gasteiger partial charge is 0.366 e. The van der Waals surface area contributed by atoms with Crippen molar-refractivity contribution in [1.82, 2.24) is 4.90 Å². The van der Waals surface area contributed by atoms with Gasteiger partial charge in [0.15, 0.2) is 5.70 Å². The molecule has 0 radical (unpaired) electrons. The van der Waals surface area contributed by atoms with E-state index in [1.807, 2.05) is 53.9 Å². The van der Waals surface area contributed by atoms with E-state index in [2.05, 4.69) is 4.99 Å². The fourth-order valence-electron chi connectivity index (χ4n) is 1.74. The van der Waals surface area contributed by atoms with Crippen LogP contribution in [0.3, 0.4) is 0 Å². The lowest BCUT2D eigenvalue weighted by atomic mass is 10.2. The molecule has 0 bridgehead atoms. The van der Waals surface area contributed by atoms with E-state index in [0.29, 0.717) is 11.6 Å². The summed E-state index contributed by atoms with van der Waals surface area (Å²) in [6.07, 6.45) is 7.48. The fraction of sp³-hybridized carbons (Fsp3) is 0.0769. The molecule has 0 fully saturated rings. The summed E-state index contributed by atoms with van der Waals surface area (Å²) in [7, 11) is 1.87. The number of thiophene rings is 1. The van der Waals surface area contributed by atoms with Crippen LogP contribution in [0.5, 0.6) is 0 Å². The lowest BCUT2D eigenvalue weighted by Gasteiger charge is -2.17. The minimum atomic E-state index is -0.403. The summed E-state index contributed by atoms with van der Waals surface area (Å²) in [5.74, 6) is -0.0194. The van der Waals surface area contributed by atoms with Gasteiger partial charge < -0.3 is 9.64 Å². The van der Waals surface area contributed by atoms with E-state index in [-0.39, 0.29) is 0 Å². The number of allylic oxidation sites excluding steroid dienone is 3. The molecular formula is C13H10N2O2S. The van der Waals surface area contributed by atoms with E-state index in [9.17, 15) is 4.79 Å². The third kappa shape index (κ3) is 1.78. The molecule has 1 aromatic heterocycles. The molecular weight excluding hydrogens is 248 g/mol. The number of carbonyl (C=O) groups is 1. The number of carbonyl (C=O) groups excluding carboxylic acids is 1. The van der Waals surface area contributed by atoms with Crippen LogP contribution in [0.2, 0.25) is 0 Å². The van der Waals surface area contributed by atoms with Crippen molar-refractivity contribution < 1.29 is 9.53 Å². The van der Waals surface area contributed by atoms with Gasteiger partial charge in [0.25, 0.3) is 0 Å². The van der Waals surface area contributed by atoms with Gasteiger partial charge in [-0.05, 0) is 23.6 Å². The van der Waals surface area contributed by atoms with Crippen molar-refractivity contribution in [3.05, 3.63) is 58.2 Å². The Bertz CT molecular complexity index is 609. The number of hydrogen-bond acceptors (Lipinski definition) is 5. The van der Waals surface area contributed by atoms with Crippen LogP contribution in [-0.2, 0) is 9.53 Å². The summed E-state index contributed by atoms with van der Waals surface area (Å²) in [5.41, 5.74) is 1.09. The average Bonchev–Trinajstić information content (AvgIpc) is 2.99. The van der Waals surface area contributed by atoms with Crippen molar-refractivity contribution in [2.75, 3.05) is 7.05 Å². The Labute approximate surface area is 108 Å². The monoisotopic (exact) mass is 258 g/mol. The Balaban J connectivity index is 2.03. The number of cyclic esters (lactones) is 1. The molecule has 90 valence electrons. The number of nitrogens with zero attached hydrogens (tertiary/aromatic N) is 2. The van der Waals surface area contributed by atoms with Crippen LogP contribution in [0.25, 0.3) is 0 Å². The number of esters is 1. The Morgan fingerprint density at radius 3 is 3.00 bits per heavy atom. The fourth-order valence-corrected chi connectivity index (χ4v) is 2.39. The molecule has 0 saturated carbocycles. The molecule has 3 rings (SSSR count). The lowest BCUT2D eigenvalue weighted by Crippen LogP contribution is -2.15. The predicted molar refractivity (Wildman–Crippen MR) is 70.0 cm³/mol. The van der Waals surface area contributed by atoms with Gasteiger partial charge in [0, 0.05) is 13.2 Å². The van der Waals surface area contributed by atoms with Gasteiger partial charge in [-0.1, -0.05) is 12.1 Å². The molecule has 0 N–H and O–H groups in total.